The van der Waals surface area contributed by atoms with Crippen LogP contribution in [0.4, 0.5) is 0 Å². The lowest BCUT2D eigenvalue weighted by atomic mass is 9.94. The highest BCUT2D eigenvalue weighted by Crippen LogP contribution is 2.50. The Morgan fingerprint density at radius 3 is 2.10 bits per heavy atom. The van der Waals surface area contributed by atoms with E-state index in [1.165, 1.54) is 0 Å². The molecule has 156 valence electrons. The minimum Gasteiger partial charge on any atom is -0.493 e. The maximum Gasteiger partial charge on any atom is 0.203 e. The Kier molecular flexibility index (Phi) is 6.20. The molecule has 0 unspecified atom stereocenters. The summed E-state index contributed by atoms with van der Waals surface area (Å²) >= 11 is 0. The van der Waals surface area contributed by atoms with Gasteiger partial charge >= 0.3 is 0 Å². The summed E-state index contributed by atoms with van der Waals surface area (Å²) in [5, 5.41) is 0. The molecule has 0 heterocycles. The van der Waals surface area contributed by atoms with E-state index < -0.39 is 0 Å². The normalized spacial score (nSPS) is 12.7. The topological polar surface area (TPSA) is 63.2 Å². The third-order valence-electron chi connectivity index (χ3n) is 5.01. The van der Waals surface area contributed by atoms with Gasteiger partial charge in [-0.3, -0.25) is 4.79 Å². The highest BCUT2D eigenvalue weighted by Gasteiger charge is 2.31. The van der Waals surface area contributed by atoms with Gasteiger partial charge in [0.05, 0.1) is 40.6 Å². The van der Waals surface area contributed by atoms with Crippen molar-refractivity contribution in [3.8, 4) is 39.9 Å². The van der Waals surface area contributed by atoms with E-state index in [0.717, 1.165) is 16.7 Å². The van der Waals surface area contributed by atoms with Crippen LogP contribution in [0.3, 0.4) is 0 Å². The molecule has 2 aromatic rings. The molecule has 0 saturated heterocycles. The molecule has 2 aromatic carbocycles. The first-order valence-electron chi connectivity index (χ1n) is 9.65. The summed E-state index contributed by atoms with van der Waals surface area (Å²) in [6.07, 6.45) is 1.09. The van der Waals surface area contributed by atoms with E-state index in [1.54, 1.807) is 28.4 Å². The number of rotatable bonds is 8. The van der Waals surface area contributed by atoms with E-state index >= 15 is 0 Å². The molecule has 0 aromatic heterocycles. The molecule has 3 rings (SSSR count). The molecule has 0 saturated carbocycles. The second kappa shape index (κ2) is 8.64. The predicted octanol–water partition coefficient (Wildman–Crippen LogP) is 4.55. The van der Waals surface area contributed by atoms with Crippen LogP contribution in [-0.4, -0.2) is 40.8 Å². The minimum atomic E-state index is 0.0575. The van der Waals surface area contributed by atoms with Gasteiger partial charge in [0.25, 0.3) is 0 Å². The zero-order valence-corrected chi connectivity index (χ0v) is 17.9. The Morgan fingerprint density at radius 2 is 1.52 bits per heavy atom. The van der Waals surface area contributed by atoms with Crippen molar-refractivity contribution in [2.75, 3.05) is 35.0 Å². The van der Waals surface area contributed by atoms with Gasteiger partial charge in [-0.25, -0.2) is 0 Å². The predicted molar refractivity (Wildman–Crippen MR) is 111 cm³/mol. The van der Waals surface area contributed by atoms with E-state index in [9.17, 15) is 4.79 Å². The van der Waals surface area contributed by atoms with Crippen molar-refractivity contribution in [2.45, 2.75) is 26.7 Å². The molecule has 0 radical (unpaired) electrons. The molecule has 0 bridgehead atoms. The van der Waals surface area contributed by atoms with Crippen LogP contribution in [0.15, 0.2) is 18.2 Å². The van der Waals surface area contributed by atoms with Gasteiger partial charge in [-0.05, 0) is 41.7 Å². The van der Waals surface area contributed by atoms with Gasteiger partial charge in [-0.15, -0.1) is 0 Å². The Morgan fingerprint density at radius 1 is 0.828 bits per heavy atom. The third-order valence-corrected chi connectivity index (χ3v) is 5.01. The highest BCUT2D eigenvalue weighted by atomic mass is 16.5. The van der Waals surface area contributed by atoms with Gasteiger partial charge in [0.15, 0.2) is 28.8 Å². The Bertz CT molecular complexity index is 916. The fourth-order valence-corrected chi connectivity index (χ4v) is 3.70. The van der Waals surface area contributed by atoms with E-state index in [-0.39, 0.29) is 5.78 Å². The van der Waals surface area contributed by atoms with E-state index in [1.807, 2.05) is 18.2 Å². The van der Waals surface area contributed by atoms with Gasteiger partial charge in [0, 0.05) is 12.0 Å². The summed E-state index contributed by atoms with van der Waals surface area (Å²) in [5.41, 5.74) is 3.24. The van der Waals surface area contributed by atoms with Crippen LogP contribution in [0, 0.1) is 5.92 Å². The first-order chi connectivity index (χ1) is 14.0. The molecular formula is C23H28O6. The Balaban J connectivity index is 2.29. The maximum atomic E-state index is 12.6. The summed E-state index contributed by atoms with van der Waals surface area (Å²) in [4.78, 5) is 12.6. The highest BCUT2D eigenvalue weighted by molar-refractivity contribution is 6.06. The monoisotopic (exact) mass is 400 g/mol. The molecular weight excluding hydrogens is 372 g/mol. The number of ether oxygens (including phenoxy) is 5. The third kappa shape index (κ3) is 3.71. The van der Waals surface area contributed by atoms with Crippen LogP contribution in [0.2, 0.25) is 0 Å². The van der Waals surface area contributed by atoms with Gasteiger partial charge in [0.1, 0.15) is 0 Å². The molecule has 0 fully saturated rings. The number of carbonyl (C=O) groups is 1. The standard InChI is InChI=1S/C23H28O6/c1-13(2)12-29-21-15(8-10-18(25-3)23(21)28-6)16-11-19(26-4)22(27-5)20-14(16)7-9-17(20)24/h8,10-11,13H,7,9,12H2,1-6H3. The molecule has 1 aliphatic carbocycles. The lowest BCUT2D eigenvalue weighted by Crippen LogP contribution is -2.08. The molecule has 0 spiro atoms. The van der Waals surface area contributed by atoms with Crippen LogP contribution in [0.25, 0.3) is 11.1 Å². The van der Waals surface area contributed by atoms with Crippen LogP contribution < -0.4 is 23.7 Å². The number of benzene rings is 2. The molecule has 0 atom stereocenters. The molecule has 6 heteroatoms. The van der Waals surface area contributed by atoms with E-state index in [2.05, 4.69) is 13.8 Å². The van der Waals surface area contributed by atoms with Crippen molar-refractivity contribution in [1.82, 2.24) is 0 Å². The Labute approximate surface area is 171 Å². The van der Waals surface area contributed by atoms with Gasteiger partial charge < -0.3 is 23.7 Å². The summed E-state index contributed by atoms with van der Waals surface area (Å²) in [7, 11) is 6.30. The van der Waals surface area contributed by atoms with Crippen molar-refractivity contribution in [1.29, 1.82) is 0 Å². The van der Waals surface area contributed by atoms with Crippen molar-refractivity contribution in [2.24, 2.45) is 5.92 Å². The number of methoxy groups -OCH3 is 4. The summed E-state index contributed by atoms with van der Waals surface area (Å²) in [6.45, 7) is 4.68. The van der Waals surface area contributed by atoms with Crippen LogP contribution in [-0.2, 0) is 6.42 Å². The molecule has 0 aliphatic heterocycles. The fourth-order valence-electron chi connectivity index (χ4n) is 3.70. The minimum absolute atomic E-state index is 0.0575. The van der Waals surface area contributed by atoms with Crippen LogP contribution in [0.5, 0.6) is 28.7 Å². The van der Waals surface area contributed by atoms with E-state index in [0.29, 0.717) is 59.7 Å². The van der Waals surface area contributed by atoms with Crippen molar-refractivity contribution < 1.29 is 28.5 Å². The van der Waals surface area contributed by atoms with Gasteiger partial charge in [0.2, 0.25) is 5.75 Å². The zero-order valence-electron chi connectivity index (χ0n) is 17.9. The largest absolute Gasteiger partial charge is 0.493 e. The summed E-state index contributed by atoms with van der Waals surface area (Å²) in [5.74, 6) is 3.09. The first kappa shape index (κ1) is 20.8. The smallest absolute Gasteiger partial charge is 0.203 e. The quantitative estimate of drug-likeness (QED) is 0.648. The zero-order chi connectivity index (χ0) is 21.1. The lowest BCUT2D eigenvalue weighted by molar-refractivity contribution is 0.0991. The molecule has 29 heavy (non-hydrogen) atoms. The molecule has 0 N–H and O–H groups in total. The SMILES string of the molecule is COc1ccc(-c2cc(OC)c(OC)c3c2CCC3=O)c(OCC(C)C)c1OC. The van der Waals surface area contributed by atoms with E-state index in [4.69, 9.17) is 23.7 Å². The van der Waals surface area contributed by atoms with Crippen LogP contribution in [0.1, 0.15) is 36.2 Å². The lowest BCUT2D eigenvalue weighted by Gasteiger charge is -2.21. The number of hydrogen-bond donors (Lipinski definition) is 0. The van der Waals surface area contributed by atoms with Crippen molar-refractivity contribution >= 4 is 5.78 Å². The fraction of sp³-hybridized carbons (Fsp3) is 0.435. The van der Waals surface area contributed by atoms with Crippen molar-refractivity contribution in [3.63, 3.8) is 0 Å². The van der Waals surface area contributed by atoms with Gasteiger partial charge in [-0.2, -0.15) is 0 Å². The van der Waals surface area contributed by atoms with Crippen molar-refractivity contribution in [3.05, 3.63) is 29.3 Å². The molecule has 0 amide bonds. The first-order valence-corrected chi connectivity index (χ1v) is 9.65. The average molecular weight is 400 g/mol. The maximum absolute atomic E-state index is 12.6. The number of ketones is 1. The molecule has 1 aliphatic rings. The second-order valence-electron chi connectivity index (χ2n) is 7.32. The molecule has 6 nitrogen and oxygen atoms in total. The van der Waals surface area contributed by atoms with Gasteiger partial charge in [-0.1, -0.05) is 13.8 Å². The summed E-state index contributed by atoms with van der Waals surface area (Å²) in [6, 6.07) is 5.68. The second-order valence-corrected chi connectivity index (χ2v) is 7.32. The number of carbonyl (C=O) groups excluding carboxylic acids is 1. The van der Waals surface area contributed by atoms with Crippen LogP contribution >= 0.6 is 0 Å². The number of Topliss-reactive ketones (excluding diaryl/α,β-unsaturated/α-hetero) is 1. The number of fused-ring (bicyclic) bond motifs is 1. The average Bonchev–Trinajstić information content (AvgIpc) is 3.11. The number of hydrogen-bond acceptors (Lipinski definition) is 6. The summed E-state index contributed by atoms with van der Waals surface area (Å²) < 4.78 is 28.3. The Hall–Kier alpha value is -2.89.